The van der Waals surface area contributed by atoms with Gasteiger partial charge < -0.3 is 29.7 Å². The molecule has 0 saturated heterocycles. The zero-order chi connectivity index (χ0) is 37.4. The molecule has 3 N–H and O–H groups in total. The Labute approximate surface area is 307 Å². The fourth-order valence-corrected chi connectivity index (χ4v) is 7.33. The number of urea groups is 1. The van der Waals surface area contributed by atoms with Gasteiger partial charge in [-0.15, -0.1) is 0 Å². The number of hydrogen-bond acceptors (Lipinski definition) is 7. The number of amides is 3. The van der Waals surface area contributed by atoms with E-state index in [1.807, 2.05) is 63.2 Å². The van der Waals surface area contributed by atoms with E-state index in [-0.39, 0.29) is 53.9 Å². The van der Waals surface area contributed by atoms with Crippen molar-refractivity contribution >= 4 is 44.1 Å². The number of hydrogen-bond donors (Lipinski definition) is 3. The second-order valence-electron chi connectivity index (χ2n) is 13.8. The average molecular weight is 731 g/mol. The van der Waals surface area contributed by atoms with Crippen LogP contribution in [-0.4, -0.2) is 86.9 Å². The number of rotatable bonds is 8. The van der Waals surface area contributed by atoms with E-state index >= 15 is 0 Å². The number of benzene rings is 4. The number of anilines is 2. The van der Waals surface area contributed by atoms with Crippen LogP contribution in [0.15, 0.2) is 89.8 Å². The fourth-order valence-electron chi connectivity index (χ4n) is 6.28. The molecule has 3 amide bonds. The maximum atomic E-state index is 14.5. The van der Waals surface area contributed by atoms with Crippen LogP contribution < -0.4 is 14.8 Å². The molecule has 52 heavy (non-hydrogen) atoms. The molecule has 0 radical (unpaired) electrons. The molecule has 4 aromatic rings. The van der Waals surface area contributed by atoms with Gasteiger partial charge in [0.2, 0.25) is 0 Å². The first-order chi connectivity index (χ1) is 24.9. The molecule has 0 spiro atoms. The Kier molecular flexibility index (Phi) is 12.8. The number of sulfonamides is 1. The van der Waals surface area contributed by atoms with E-state index in [9.17, 15) is 23.1 Å². The summed E-state index contributed by atoms with van der Waals surface area (Å²) in [5.41, 5.74) is 2.01. The highest BCUT2D eigenvalue weighted by Gasteiger charge is 2.31. The van der Waals surface area contributed by atoms with Crippen molar-refractivity contribution in [3.63, 3.8) is 0 Å². The van der Waals surface area contributed by atoms with Gasteiger partial charge in [-0.2, -0.15) is 0 Å². The number of ether oxygens (including phenoxy) is 2. The van der Waals surface area contributed by atoms with Gasteiger partial charge in [-0.25, -0.2) is 13.2 Å². The summed E-state index contributed by atoms with van der Waals surface area (Å²) < 4.78 is 41.9. The summed E-state index contributed by atoms with van der Waals surface area (Å²) in [6.45, 7) is 8.13. The minimum Gasteiger partial charge on any atom is -0.490 e. The zero-order valence-electron chi connectivity index (χ0n) is 30.5. The number of aryl methyl sites for hydroxylation is 1. The standard InChI is InChI=1S/C40H50N4O7S/c1-27-16-19-33(20-17-27)52(48,49)42-32-18-21-37-35(23-32)39(46)44(29(3)26-45)24-28(2)38(50-22-9-8-11-30(4)51-37)25-43(5)40(47)41-36-15-10-13-31-12-6-7-14-34(31)36/h6-7,10,12-21,23,28-30,38,42,45H,8-9,11,22,24-26H2,1-5H3,(H,41,47)/t28-,29-,30-,38+/m0/s1. The van der Waals surface area contributed by atoms with Gasteiger partial charge in [-0.1, -0.05) is 61.0 Å². The largest absolute Gasteiger partial charge is 0.490 e. The van der Waals surface area contributed by atoms with E-state index in [2.05, 4.69) is 10.0 Å². The van der Waals surface area contributed by atoms with Crippen LogP contribution in [-0.2, 0) is 14.8 Å². The Morgan fingerprint density at radius 2 is 1.75 bits per heavy atom. The molecule has 12 heteroatoms. The first kappa shape index (κ1) is 38.6. The van der Waals surface area contributed by atoms with Gasteiger partial charge in [0.25, 0.3) is 15.9 Å². The molecule has 0 fully saturated rings. The minimum atomic E-state index is -3.94. The fraction of sp³-hybridized carbons (Fsp3) is 0.400. The highest BCUT2D eigenvalue weighted by molar-refractivity contribution is 7.92. The van der Waals surface area contributed by atoms with Crippen LogP contribution in [0.25, 0.3) is 10.8 Å². The van der Waals surface area contributed by atoms with E-state index in [0.717, 1.165) is 29.2 Å². The molecule has 1 heterocycles. The van der Waals surface area contributed by atoms with Crippen LogP contribution in [0.1, 0.15) is 56.0 Å². The van der Waals surface area contributed by atoms with Crippen LogP contribution >= 0.6 is 0 Å². The predicted molar refractivity (Wildman–Crippen MR) is 204 cm³/mol. The van der Waals surface area contributed by atoms with Gasteiger partial charge in [0.05, 0.1) is 41.0 Å². The first-order valence-electron chi connectivity index (χ1n) is 17.8. The number of likely N-dealkylation sites (N-methyl/N-ethyl adjacent to an activating group) is 1. The van der Waals surface area contributed by atoms with Crippen LogP contribution in [0.5, 0.6) is 5.75 Å². The van der Waals surface area contributed by atoms with Crippen molar-refractivity contribution in [2.75, 3.05) is 43.4 Å². The van der Waals surface area contributed by atoms with Crippen molar-refractivity contribution in [3.05, 3.63) is 96.1 Å². The van der Waals surface area contributed by atoms with Crippen LogP contribution in [0.4, 0.5) is 16.2 Å². The van der Waals surface area contributed by atoms with E-state index < -0.39 is 28.1 Å². The van der Waals surface area contributed by atoms with Gasteiger partial charge in [0.15, 0.2) is 0 Å². The Bertz CT molecular complexity index is 1950. The molecular weight excluding hydrogens is 681 g/mol. The lowest BCUT2D eigenvalue weighted by atomic mass is 10.0. The van der Waals surface area contributed by atoms with Crippen molar-refractivity contribution < 1.29 is 32.6 Å². The third-order valence-corrected chi connectivity index (χ3v) is 10.9. The van der Waals surface area contributed by atoms with Gasteiger partial charge >= 0.3 is 6.03 Å². The number of nitrogens with one attached hydrogen (secondary N) is 2. The van der Waals surface area contributed by atoms with Crippen molar-refractivity contribution in [2.24, 2.45) is 5.92 Å². The Hall–Kier alpha value is -4.65. The van der Waals surface area contributed by atoms with Crippen LogP contribution in [0.3, 0.4) is 0 Å². The van der Waals surface area contributed by atoms with Gasteiger partial charge in [0, 0.05) is 43.7 Å². The van der Waals surface area contributed by atoms with E-state index in [1.54, 1.807) is 48.0 Å². The van der Waals surface area contributed by atoms with Crippen molar-refractivity contribution in [1.82, 2.24) is 9.80 Å². The van der Waals surface area contributed by atoms with Crippen LogP contribution in [0.2, 0.25) is 0 Å². The third kappa shape index (κ3) is 9.61. The van der Waals surface area contributed by atoms with Gasteiger partial charge in [-0.05, 0) is 81.8 Å². The molecule has 4 aromatic carbocycles. The molecule has 278 valence electrons. The molecule has 0 unspecified atom stereocenters. The summed E-state index contributed by atoms with van der Waals surface area (Å²) in [7, 11) is -2.23. The number of fused-ring (bicyclic) bond motifs is 2. The lowest BCUT2D eigenvalue weighted by Gasteiger charge is -2.35. The van der Waals surface area contributed by atoms with E-state index in [0.29, 0.717) is 24.5 Å². The molecule has 11 nitrogen and oxygen atoms in total. The Balaban J connectivity index is 1.40. The molecule has 0 aliphatic carbocycles. The summed E-state index contributed by atoms with van der Waals surface area (Å²) in [6, 6.07) is 23.9. The molecule has 0 aromatic heterocycles. The highest BCUT2D eigenvalue weighted by Crippen LogP contribution is 2.30. The minimum absolute atomic E-state index is 0.0977. The monoisotopic (exact) mass is 730 g/mol. The number of aliphatic hydroxyl groups excluding tert-OH is 1. The van der Waals surface area contributed by atoms with E-state index in [4.69, 9.17) is 9.47 Å². The predicted octanol–water partition coefficient (Wildman–Crippen LogP) is 6.91. The lowest BCUT2D eigenvalue weighted by Crippen LogP contribution is -2.48. The SMILES string of the molecule is Cc1ccc(S(=O)(=O)Nc2ccc3c(c2)C(=O)N([C@@H](C)CO)C[C@H](C)[C@@H](CN(C)C(=O)Nc2cccc4ccccc24)OCCCC[C@H](C)O3)cc1. The van der Waals surface area contributed by atoms with Crippen molar-refractivity contribution in [3.8, 4) is 5.75 Å². The van der Waals surface area contributed by atoms with Crippen molar-refractivity contribution in [1.29, 1.82) is 0 Å². The summed E-state index contributed by atoms with van der Waals surface area (Å²) >= 11 is 0. The summed E-state index contributed by atoms with van der Waals surface area (Å²) in [6.07, 6.45) is 1.60. The number of carbonyl (C=O) groups is 2. The second-order valence-corrected chi connectivity index (χ2v) is 15.4. The van der Waals surface area contributed by atoms with Gasteiger partial charge in [0.1, 0.15) is 5.75 Å². The smallest absolute Gasteiger partial charge is 0.321 e. The molecular formula is C40H50N4O7S. The summed E-state index contributed by atoms with van der Waals surface area (Å²) in [4.78, 5) is 31.2. The number of nitrogens with zero attached hydrogens (tertiary/aromatic N) is 2. The van der Waals surface area contributed by atoms with Crippen LogP contribution in [0, 0.1) is 12.8 Å². The van der Waals surface area contributed by atoms with Gasteiger partial charge in [-0.3, -0.25) is 9.52 Å². The Morgan fingerprint density at radius 1 is 1.02 bits per heavy atom. The molecule has 5 rings (SSSR count). The maximum absolute atomic E-state index is 14.5. The molecule has 4 atom stereocenters. The molecule has 1 aliphatic heterocycles. The lowest BCUT2D eigenvalue weighted by molar-refractivity contribution is -0.0115. The summed E-state index contributed by atoms with van der Waals surface area (Å²) in [5.74, 6) is -0.363. The van der Waals surface area contributed by atoms with E-state index in [1.165, 1.54) is 18.2 Å². The quantitative estimate of drug-likeness (QED) is 0.179. The molecule has 1 aliphatic rings. The Morgan fingerprint density at radius 3 is 2.50 bits per heavy atom. The van der Waals surface area contributed by atoms with Crippen molar-refractivity contribution in [2.45, 2.75) is 70.1 Å². The third-order valence-electron chi connectivity index (χ3n) is 9.47. The number of carbonyl (C=O) groups excluding carboxylic acids is 2. The normalized spacial score (nSPS) is 19.5. The topological polar surface area (TPSA) is 138 Å². The molecule has 0 saturated carbocycles. The first-order valence-corrected chi connectivity index (χ1v) is 19.3. The number of aliphatic hydroxyl groups is 1. The maximum Gasteiger partial charge on any atom is 0.321 e. The zero-order valence-corrected chi connectivity index (χ0v) is 31.4. The second kappa shape index (κ2) is 17.2. The highest BCUT2D eigenvalue weighted by atomic mass is 32.2. The average Bonchev–Trinajstić information content (AvgIpc) is 3.12. The summed E-state index contributed by atoms with van der Waals surface area (Å²) in [5, 5.41) is 15.3. The molecule has 0 bridgehead atoms.